The van der Waals surface area contributed by atoms with Crippen LogP contribution in [0.15, 0.2) is 30.5 Å². The van der Waals surface area contributed by atoms with Crippen LogP contribution in [0, 0.1) is 0 Å². The molecule has 0 amide bonds. The molecular formula is C13H16N2O3. The van der Waals surface area contributed by atoms with E-state index in [2.05, 4.69) is 5.10 Å². The van der Waals surface area contributed by atoms with Gasteiger partial charge in [-0.05, 0) is 17.7 Å². The van der Waals surface area contributed by atoms with Crippen molar-refractivity contribution in [3.8, 4) is 11.5 Å². The Morgan fingerprint density at radius 2 is 2.06 bits per heavy atom. The third-order valence-corrected chi connectivity index (χ3v) is 2.84. The number of ether oxygens (including phenoxy) is 2. The molecule has 0 aliphatic carbocycles. The highest BCUT2D eigenvalue weighted by atomic mass is 16.5. The summed E-state index contributed by atoms with van der Waals surface area (Å²) in [4.78, 5) is 0. The van der Waals surface area contributed by atoms with Crippen molar-refractivity contribution in [1.82, 2.24) is 9.78 Å². The maximum atomic E-state index is 10.4. The highest BCUT2D eigenvalue weighted by Crippen LogP contribution is 2.30. The van der Waals surface area contributed by atoms with Crippen molar-refractivity contribution in [1.29, 1.82) is 0 Å². The minimum Gasteiger partial charge on any atom is -0.497 e. The lowest BCUT2D eigenvalue weighted by Crippen LogP contribution is -2.08. The van der Waals surface area contributed by atoms with E-state index in [-0.39, 0.29) is 0 Å². The first-order chi connectivity index (χ1) is 8.67. The zero-order valence-electron chi connectivity index (χ0n) is 10.6. The zero-order chi connectivity index (χ0) is 13.1. The van der Waals surface area contributed by atoms with Crippen LogP contribution in [0.25, 0.3) is 0 Å². The summed E-state index contributed by atoms with van der Waals surface area (Å²) < 4.78 is 11.9. The summed E-state index contributed by atoms with van der Waals surface area (Å²) in [5, 5.41) is 14.5. The molecule has 0 aliphatic heterocycles. The molecule has 0 saturated heterocycles. The van der Waals surface area contributed by atoms with E-state index in [1.54, 1.807) is 38.2 Å². The molecule has 1 unspecified atom stereocenters. The summed E-state index contributed by atoms with van der Waals surface area (Å²) in [6, 6.07) is 7.29. The molecule has 0 spiro atoms. The molecule has 0 fully saturated rings. The smallest absolute Gasteiger partial charge is 0.162 e. The van der Waals surface area contributed by atoms with Crippen LogP contribution < -0.4 is 9.47 Å². The normalized spacial score (nSPS) is 12.2. The number of nitrogens with zero attached hydrogens (tertiary/aromatic N) is 2. The van der Waals surface area contributed by atoms with Crippen molar-refractivity contribution in [3.05, 3.63) is 41.7 Å². The van der Waals surface area contributed by atoms with E-state index in [9.17, 15) is 5.11 Å². The Labute approximate surface area is 106 Å². The van der Waals surface area contributed by atoms with E-state index in [0.29, 0.717) is 17.2 Å². The molecule has 1 heterocycles. The minimum atomic E-state index is -0.803. The minimum absolute atomic E-state index is 0.563. The van der Waals surface area contributed by atoms with Crippen LogP contribution in [-0.2, 0) is 7.05 Å². The molecule has 96 valence electrons. The number of aryl methyl sites for hydroxylation is 1. The van der Waals surface area contributed by atoms with Crippen LogP contribution in [0.2, 0.25) is 0 Å². The molecular weight excluding hydrogens is 232 g/mol. The molecule has 5 nitrogen and oxygen atoms in total. The summed E-state index contributed by atoms with van der Waals surface area (Å²) in [6.45, 7) is 0. The first-order valence-electron chi connectivity index (χ1n) is 5.55. The first-order valence-corrected chi connectivity index (χ1v) is 5.55. The lowest BCUT2D eigenvalue weighted by Gasteiger charge is -2.14. The standard InChI is InChI=1S/C13H16N2O3/c1-15-12(11(18-3)8-14-15)13(16)9-5-4-6-10(7-9)17-2/h4-8,13,16H,1-3H3. The SMILES string of the molecule is COc1cccc(C(O)c2c(OC)cnn2C)c1. The molecule has 0 saturated carbocycles. The molecule has 1 aromatic carbocycles. The maximum absolute atomic E-state index is 10.4. The second-order valence-electron chi connectivity index (χ2n) is 3.90. The summed E-state index contributed by atoms with van der Waals surface area (Å²) in [5.41, 5.74) is 1.35. The number of aromatic nitrogens is 2. The second-order valence-corrected chi connectivity index (χ2v) is 3.90. The number of benzene rings is 1. The first kappa shape index (κ1) is 12.4. The lowest BCUT2D eigenvalue weighted by atomic mass is 10.1. The predicted molar refractivity (Wildman–Crippen MR) is 66.8 cm³/mol. The van der Waals surface area contributed by atoms with Gasteiger partial charge in [0.05, 0.1) is 20.4 Å². The van der Waals surface area contributed by atoms with Gasteiger partial charge in [0, 0.05) is 7.05 Å². The Morgan fingerprint density at radius 1 is 1.28 bits per heavy atom. The summed E-state index contributed by atoms with van der Waals surface area (Å²) in [7, 11) is 4.91. The average molecular weight is 248 g/mol. The van der Waals surface area contributed by atoms with Crippen LogP contribution in [0.5, 0.6) is 11.5 Å². The highest BCUT2D eigenvalue weighted by Gasteiger charge is 2.20. The van der Waals surface area contributed by atoms with Gasteiger partial charge in [0.1, 0.15) is 17.5 Å². The van der Waals surface area contributed by atoms with Crippen LogP contribution in [0.4, 0.5) is 0 Å². The van der Waals surface area contributed by atoms with Crippen molar-refractivity contribution >= 4 is 0 Å². The molecule has 1 aromatic heterocycles. The molecule has 18 heavy (non-hydrogen) atoms. The Bertz CT molecular complexity index is 537. The number of aliphatic hydroxyl groups is 1. The van der Waals surface area contributed by atoms with Gasteiger partial charge in [0.15, 0.2) is 5.75 Å². The Morgan fingerprint density at radius 3 is 2.72 bits per heavy atom. The monoisotopic (exact) mass is 248 g/mol. The van der Waals surface area contributed by atoms with Crippen LogP contribution in [0.3, 0.4) is 0 Å². The van der Waals surface area contributed by atoms with E-state index in [0.717, 1.165) is 5.56 Å². The van der Waals surface area contributed by atoms with Gasteiger partial charge in [-0.2, -0.15) is 5.10 Å². The van der Waals surface area contributed by atoms with Crippen LogP contribution >= 0.6 is 0 Å². The summed E-state index contributed by atoms with van der Waals surface area (Å²) >= 11 is 0. The van der Waals surface area contributed by atoms with Gasteiger partial charge >= 0.3 is 0 Å². The van der Waals surface area contributed by atoms with Crippen molar-refractivity contribution in [2.24, 2.45) is 7.05 Å². The average Bonchev–Trinajstić information content (AvgIpc) is 2.79. The lowest BCUT2D eigenvalue weighted by molar-refractivity contribution is 0.204. The molecule has 5 heteroatoms. The Kier molecular flexibility index (Phi) is 3.53. The Balaban J connectivity index is 2.40. The largest absolute Gasteiger partial charge is 0.497 e. The molecule has 1 atom stereocenters. The maximum Gasteiger partial charge on any atom is 0.162 e. The molecule has 0 radical (unpaired) electrons. The quantitative estimate of drug-likeness (QED) is 0.891. The molecule has 1 N–H and O–H groups in total. The van der Waals surface area contributed by atoms with Crippen LogP contribution in [-0.4, -0.2) is 29.1 Å². The third kappa shape index (κ3) is 2.17. The van der Waals surface area contributed by atoms with Gasteiger partial charge in [-0.25, -0.2) is 0 Å². The van der Waals surface area contributed by atoms with Gasteiger partial charge in [-0.3, -0.25) is 4.68 Å². The van der Waals surface area contributed by atoms with E-state index in [1.807, 2.05) is 18.2 Å². The third-order valence-electron chi connectivity index (χ3n) is 2.84. The predicted octanol–water partition coefficient (Wildman–Crippen LogP) is 1.52. The van der Waals surface area contributed by atoms with Gasteiger partial charge in [-0.15, -0.1) is 0 Å². The molecule has 2 rings (SSSR count). The van der Waals surface area contributed by atoms with E-state index >= 15 is 0 Å². The topological polar surface area (TPSA) is 56.5 Å². The van der Waals surface area contributed by atoms with Crippen molar-refractivity contribution in [2.75, 3.05) is 14.2 Å². The number of hydrogen-bond acceptors (Lipinski definition) is 4. The van der Waals surface area contributed by atoms with Gasteiger partial charge in [0.25, 0.3) is 0 Å². The zero-order valence-corrected chi connectivity index (χ0v) is 10.6. The highest BCUT2D eigenvalue weighted by molar-refractivity contribution is 5.37. The van der Waals surface area contributed by atoms with E-state index in [1.165, 1.54) is 0 Å². The molecule has 0 aliphatic rings. The van der Waals surface area contributed by atoms with E-state index < -0.39 is 6.10 Å². The van der Waals surface area contributed by atoms with Gasteiger partial charge < -0.3 is 14.6 Å². The van der Waals surface area contributed by atoms with Crippen LogP contribution in [0.1, 0.15) is 17.4 Å². The van der Waals surface area contributed by atoms with E-state index in [4.69, 9.17) is 9.47 Å². The number of hydrogen-bond donors (Lipinski definition) is 1. The fourth-order valence-electron chi connectivity index (χ4n) is 1.87. The second kappa shape index (κ2) is 5.10. The summed E-state index contributed by atoms with van der Waals surface area (Å²) in [5.74, 6) is 1.26. The summed E-state index contributed by atoms with van der Waals surface area (Å²) in [6.07, 6.45) is 0.779. The van der Waals surface area contributed by atoms with Gasteiger partial charge in [0.2, 0.25) is 0 Å². The van der Waals surface area contributed by atoms with Crippen molar-refractivity contribution in [2.45, 2.75) is 6.10 Å². The fraction of sp³-hybridized carbons (Fsp3) is 0.308. The molecule has 0 bridgehead atoms. The van der Waals surface area contributed by atoms with Crippen molar-refractivity contribution < 1.29 is 14.6 Å². The number of aliphatic hydroxyl groups excluding tert-OH is 1. The molecule has 2 aromatic rings. The fourth-order valence-corrected chi connectivity index (χ4v) is 1.87. The number of rotatable bonds is 4. The number of methoxy groups -OCH3 is 2. The Hall–Kier alpha value is -2.01. The van der Waals surface area contributed by atoms with Gasteiger partial charge in [-0.1, -0.05) is 12.1 Å². The van der Waals surface area contributed by atoms with Crippen molar-refractivity contribution in [3.63, 3.8) is 0 Å².